The lowest BCUT2D eigenvalue weighted by atomic mass is 9.97. The zero-order chi connectivity index (χ0) is 11.0. The third kappa shape index (κ3) is 2.04. The minimum absolute atomic E-state index is 0.156. The summed E-state index contributed by atoms with van der Waals surface area (Å²) in [5.41, 5.74) is 0. The van der Waals surface area contributed by atoms with E-state index >= 15 is 0 Å². The van der Waals surface area contributed by atoms with Crippen LogP contribution in [0.3, 0.4) is 0 Å². The first-order valence-corrected chi connectivity index (χ1v) is 5.67. The van der Waals surface area contributed by atoms with Gasteiger partial charge >= 0.3 is 0 Å². The van der Waals surface area contributed by atoms with Gasteiger partial charge in [0.15, 0.2) is 0 Å². The first-order valence-electron chi connectivity index (χ1n) is 5.67. The Morgan fingerprint density at radius 2 is 2.00 bits per heavy atom. The van der Waals surface area contributed by atoms with Gasteiger partial charge in [-0.15, -0.1) is 0 Å². The van der Waals surface area contributed by atoms with Crippen molar-refractivity contribution in [2.75, 3.05) is 0 Å². The van der Waals surface area contributed by atoms with Crippen molar-refractivity contribution in [3.8, 4) is 0 Å². The summed E-state index contributed by atoms with van der Waals surface area (Å²) >= 11 is 0. The van der Waals surface area contributed by atoms with Gasteiger partial charge in [0.1, 0.15) is 0 Å². The lowest BCUT2D eigenvalue weighted by Crippen LogP contribution is -2.44. The Kier molecular flexibility index (Phi) is 2.78. The standard InChI is InChI=1S/C11H18N2O2/c1-6-3-4-8(7(6)2)12-9-5-10(14)13-11(9)15/h6-9,12H,3-5H2,1-2H3,(H,13,14,15). The van der Waals surface area contributed by atoms with Crippen molar-refractivity contribution in [3.63, 3.8) is 0 Å². The highest BCUT2D eigenvalue weighted by atomic mass is 16.2. The molecule has 4 atom stereocenters. The van der Waals surface area contributed by atoms with Crippen molar-refractivity contribution in [2.45, 2.75) is 45.2 Å². The average molecular weight is 210 g/mol. The number of hydrogen-bond donors (Lipinski definition) is 2. The normalized spacial score (nSPS) is 40.9. The second-order valence-electron chi connectivity index (χ2n) is 4.86. The molecule has 4 nitrogen and oxygen atoms in total. The Bertz CT molecular complexity index is 290. The van der Waals surface area contributed by atoms with Gasteiger partial charge in [-0.3, -0.25) is 14.9 Å². The van der Waals surface area contributed by atoms with Gasteiger partial charge in [-0.2, -0.15) is 0 Å². The molecule has 2 fully saturated rings. The van der Waals surface area contributed by atoms with E-state index in [2.05, 4.69) is 24.5 Å². The molecule has 1 saturated heterocycles. The van der Waals surface area contributed by atoms with Crippen LogP contribution >= 0.6 is 0 Å². The molecular weight excluding hydrogens is 192 g/mol. The molecule has 84 valence electrons. The maximum absolute atomic E-state index is 11.4. The van der Waals surface area contributed by atoms with E-state index in [1.54, 1.807) is 0 Å². The number of rotatable bonds is 2. The minimum atomic E-state index is -0.296. The quantitative estimate of drug-likeness (QED) is 0.650. The summed E-state index contributed by atoms with van der Waals surface area (Å²) in [7, 11) is 0. The van der Waals surface area contributed by atoms with E-state index in [0.29, 0.717) is 24.3 Å². The number of amides is 2. The van der Waals surface area contributed by atoms with Crippen molar-refractivity contribution >= 4 is 11.8 Å². The Hall–Kier alpha value is -0.900. The predicted molar refractivity (Wildman–Crippen MR) is 56.0 cm³/mol. The van der Waals surface area contributed by atoms with E-state index < -0.39 is 0 Å². The van der Waals surface area contributed by atoms with E-state index in [9.17, 15) is 9.59 Å². The third-order valence-corrected chi connectivity index (χ3v) is 3.85. The molecule has 0 spiro atoms. The van der Waals surface area contributed by atoms with E-state index in [4.69, 9.17) is 0 Å². The molecule has 4 unspecified atom stereocenters. The topological polar surface area (TPSA) is 58.2 Å². The zero-order valence-corrected chi connectivity index (χ0v) is 9.25. The van der Waals surface area contributed by atoms with Crippen LogP contribution in [0.25, 0.3) is 0 Å². The minimum Gasteiger partial charge on any atom is -0.302 e. The molecule has 2 amide bonds. The summed E-state index contributed by atoms with van der Waals surface area (Å²) in [4.78, 5) is 22.4. The number of hydrogen-bond acceptors (Lipinski definition) is 3. The fourth-order valence-corrected chi connectivity index (χ4v) is 2.55. The molecule has 1 saturated carbocycles. The Morgan fingerprint density at radius 1 is 1.27 bits per heavy atom. The fourth-order valence-electron chi connectivity index (χ4n) is 2.55. The van der Waals surface area contributed by atoms with Crippen LogP contribution in [0.15, 0.2) is 0 Å². The van der Waals surface area contributed by atoms with Gasteiger partial charge in [0.25, 0.3) is 0 Å². The zero-order valence-electron chi connectivity index (χ0n) is 9.25. The van der Waals surface area contributed by atoms with Crippen LogP contribution in [-0.2, 0) is 9.59 Å². The highest BCUT2D eigenvalue weighted by Crippen LogP contribution is 2.31. The largest absolute Gasteiger partial charge is 0.302 e. The molecule has 2 aliphatic rings. The van der Waals surface area contributed by atoms with Gasteiger partial charge in [-0.1, -0.05) is 13.8 Å². The fraction of sp³-hybridized carbons (Fsp3) is 0.818. The molecule has 1 heterocycles. The third-order valence-electron chi connectivity index (χ3n) is 3.85. The van der Waals surface area contributed by atoms with E-state index in [-0.39, 0.29) is 17.9 Å². The van der Waals surface area contributed by atoms with Crippen LogP contribution < -0.4 is 10.6 Å². The summed E-state index contributed by atoms with van der Waals surface area (Å²) in [5.74, 6) is 0.985. The highest BCUT2D eigenvalue weighted by molar-refractivity contribution is 6.05. The summed E-state index contributed by atoms with van der Waals surface area (Å²) in [6.07, 6.45) is 2.62. The number of imide groups is 1. The summed E-state index contributed by atoms with van der Waals surface area (Å²) < 4.78 is 0. The van der Waals surface area contributed by atoms with Crippen LogP contribution in [0.1, 0.15) is 33.1 Å². The molecule has 4 heteroatoms. The number of carbonyl (C=O) groups is 2. The SMILES string of the molecule is CC1CCC(NC2CC(=O)NC2=O)C1C. The van der Waals surface area contributed by atoms with Gasteiger partial charge in [-0.05, 0) is 24.7 Å². The van der Waals surface area contributed by atoms with Crippen molar-refractivity contribution in [1.82, 2.24) is 10.6 Å². The molecule has 0 aromatic rings. The molecule has 0 aromatic carbocycles. The molecular formula is C11H18N2O2. The first kappa shape index (κ1) is 10.6. The van der Waals surface area contributed by atoms with Gasteiger partial charge in [0, 0.05) is 6.04 Å². The van der Waals surface area contributed by atoms with E-state index in [0.717, 1.165) is 6.42 Å². The molecule has 1 aliphatic carbocycles. The van der Waals surface area contributed by atoms with Gasteiger partial charge in [0.2, 0.25) is 11.8 Å². The lowest BCUT2D eigenvalue weighted by Gasteiger charge is -2.22. The van der Waals surface area contributed by atoms with Crippen LogP contribution in [0.4, 0.5) is 0 Å². The Labute approximate surface area is 89.8 Å². The average Bonchev–Trinajstić information content (AvgIpc) is 2.64. The number of carbonyl (C=O) groups excluding carboxylic acids is 2. The second kappa shape index (κ2) is 3.93. The molecule has 0 bridgehead atoms. The Balaban J connectivity index is 1.92. The number of nitrogens with one attached hydrogen (secondary N) is 2. The van der Waals surface area contributed by atoms with Crippen molar-refractivity contribution in [1.29, 1.82) is 0 Å². The summed E-state index contributed by atoms with van der Waals surface area (Å²) in [6.45, 7) is 4.45. The van der Waals surface area contributed by atoms with Gasteiger partial charge in [-0.25, -0.2) is 0 Å². The summed E-state index contributed by atoms with van der Waals surface area (Å²) in [6, 6.07) is 0.0944. The van der Waals surface area contributed by atoms with Crippen LogP contribution in [0.2, 0.25) is 0 Å². The van der Waals surface area contributed by atoms with Gasteiger partial charge < -0.3 is 5.32 Å². The van der Waals surface area contributed by atoms with Crippen molar-refractivity contribution in [2.24, 2.45) is 11.8 Å². The first-order chi connectivity index (χ1) is 7.08. The molecule has 0 aromatic heterocycles. The molecule has 1 aliphatic heterocycles. The van der Waals surface area contributed by atoms with Crippen LogP contribution in [0.5, 0.6) is 0 Å². The molecule has 15 heavy (non-hydrogen) atoms. The van der Waals surface area contributed by atoms with Crippen molar-refractivity contribution < 1.29 is 9.59 Å². The highest BCUT2D eigenvalue weighted by Gasteiger charge is 2.36. The lowest BCUT2D eigenvalue weighted by molar-refractivity contribution is -0.125. The Morgan fingerprint density at radius 3 is 2.47 bits per heavy atom. The van der Waals surface area contributed by atoms with Gasteiger partial charge in [0.05, 0.1) is 12.5 Å². The predicted octanol–water partition coefficient (Wildman–Crippen LogP) is 0.426. The molecule has 2 rings (SSSR count). The van der Waals surface area contributed by atoms with E-state index in [1.165, 1.54) is 6.42 Å². The monoisotopic (exact) mass is 210 g/mol. The molecule has 0 radical (unpaired) electrons. The maximum Gasteiger partial charge on any atom is 0.244 e. The summed E-state index contributed by atoms with van der Waals surface area (Å²) in [5, 5.41) is 5.63. The molecule has 2 N–H and O–H groups in total. The van der Waals surface area contributed by atoms with Crippen molar-refractivity contribution in [3.05, 3.63) is 0 Å². The maximum atomic E-state index is 11.4. The van der Waals surface area contributed by atoms with Crippen LogP contribution in [-0.4, -0.2) is 23.9 Å². The second-order valence-corrected chi connectivity index (χ2v) is 4.86. The van der Waals surface area contributed by atoms with Crippen LogP contribution in [0, 0.1) is 11.8 Å². The van der Waals surface area contributed by atoms with E-state index in [1.807, 2.05) is 0 Å². The smallest absolute Gasteiger partial charge is 0.244 e.